The molecule has 72 valence electrons. The van der Waals surface area contributed by atoms with E-state index in [-0.39, 0.29) is 5.03 Å². The van der Waals surface area contributed by atoms with Crippen LogP contribution in [0.5, 0.6) is 0 Å². The summed E-state index contributed by atoms with van der Waals surface area (Å²) in [4.78, 5) is 3.55. The highest BCUT2D eigenvalue weighted by Gasteiger charge is 2.34. The van der Waals surface area contributed by atoms with E-state index in [0.717, 1.165) is 6.07 Å². The van der Waals surface area contributed by atoms with Crippen LogP contribution < -0.4 is 0 Å². The van der Waals surface area contributed by atoms with Gasteiger partial charge in [0.25, 0.3) is 0 Å². The Hall–Kier alpha value is -0.910. The highest BCUT2D eigenvalue weighted by molar-refractivity contribution is 7.85. The molecule has 1 unspecified atom stereocenters. The molecule has 1 N–H and O–H groups in total. The number of alkyl halides is 3. The van der Waals surface area contributed by atoms with Gasteiger partial charge in [0.1, 0.15) is 5.03 Å². The number of nitrogens with one attached hydrogen (secondary N) is 1. The molecular formula is C7H7F3N2S. The molecule has 0 radical (unpaired) electrons. The van der Waals surface area contributed by atoms with E-state index in [2.05, 4.69) is 4.98 Å². The van der Waals surface area contributed by atoms with E-state index in [4.69, 9.17) is 4.78 Å². The van der Waals surface area contributed by atoms with E-state index >= 15 is 0 Å². The van der Waals surface area contributed by atoms with Crippen molar-refractivity contribution in [2.75, 3.05) is 6.26 Å². The summed E-state index contributed by atoms with van der Waals surface area (Å²) in [5, 5.41) is -0.199. The minimum Gasteiger partial charge on any atom is -0.274 e. The topological polar surface area (TPSA) is 36.7 Å². The number of pyridine rings is 1. The SMILES string of the molecule is CS(=N)c1ncccc1C(F)(F)F. The third-order valence-electron chi connectivity index (χ3n) is 1.37. The smallest absolute Gasteiger partial charge is 0.274 e. The molecule has 0 bridgehead atoms. The van der Waals surface area contributed by atoms with Gasteiger partial charge in [0, 0.05) is 6.20 Å². The Bertz CT molecular complexity index is 335. The van der Waals surface area contributed by atoms with Crippen molar-refractivity contribution in [2.24, 2.45) is 0 Å². The van der Waals surface area contributed by atoms with Crippen LogP contribution in [0.3, 0.4) is 0 Å². The molecule has 6 heteroatoms. The van der Waals surface area contributed by atoms with Crippen molar-refractivity contribution >= 4 is 10.7 Å². The van der Waals surface area contributed by atoms with Gasteiger partial charge in [0.2, 0.25) is 0 Å². The van der Waals surface area contributed by atoms with Gasteiger partial charge in [-0.3, -0.25) is 4.78 Å². The van der Waals surface area contributed by atoms with Gasteiger partial charge >= 0.3 is 6.18 Å². The second kappa shape index (κ2) is 3.45. The summed E-state index contributed by atoms with van der Waals surface area (Å²) in [5.41, 5.74) is -0.809. The van der Waals surface area contributed by atoms with Crippen LogP contribution in [-0.4, -0.2) is 11.2 Å². The normalized spacial score (nSPS) is 14.2. The van der Waals surface area contributed by atoms with Gasteiger partial charge in [-0.05, 0) is 18.4 Å². The number of hydrogen-bond acceptors (Lipinski definition) is 2. The standard InChI is InChI=1S/C7H7F3N2S/c1-13(11)6-5(7(8,9)10)3-2-4-12-6/h2-4,11H,1H3. The number of rotatable bonds is 1. The third-order valence-corrected chi connectivity index (χ3v) is 2.27. The van der Waals surface area contributed by atoms with Crippen LogP contribution >= 0.6 is 0 Å². The van der Waals surface area contributed by atoms with Gasteiger partial charge in [0.05, 0.1) is 5.56 Å². The van der Waals surface area contributed by atoms with Gasteiger partial charge < -0.3 is 0 Å². The van der Waals surface area contributed by atoms with Crippen LogP contribution in [0.2, 0.25) is 0 Å². The molecule has 1 aromatic heterocycles. The van der Waals surface area contributed by atoms with Crippen LogP contribution in [0.1, 0.15) is 5.56 Å². The maximum absolute atomic E-state index is 12.3. The molecule has 0 fully saturated rings. The lowest BCUT2D eigenvalue weighted by atomic mass is 10.3. The summed E-state index contributed by atoms with van der Waals surface area (Å²) in [7, 11) is -1.22. The van der Waals surface area contributed by atoms with Crippen molar-refractivity contribution in [1.82, 2.24) is 4.98 Å². The zero-order valence-corrected chi connectivity index (χ0v) is 7.54. The molecule has 0 saturated heterocycles. The minimum atomic E-state index is -4.41. The van der Waals surface area contributed by atoms with Crippen LogP contribution in [0.4, 0.5) is 13.2 Å². The van der Waals surface area contributed by atoms with Crippen molar-refractivity contribution in [1.29, 1.82) is 4.78 Å². The van der Waals surface area contributed by atoms with Crippen molar-refractivity contribution in [3.8, 4) is 0 Å². The van der Waals surface area contributed by atoms with E-state index in [0.29, 0.717) is 0 Å². The van der Waals surface area contributed by atoms with Crippen molar-refractivity contribution in [3.63, 3.8) is 0 Å². The fourth-order valence-corrected chi connectivity index (χ4v) is 1.58. The first-order chi connectivity index (χ1) is 5.93. The van der Waals surface area contributed by atoms with E-state index in [9.17, 15) is 13.2 Å². The van der Waals surface area contributed by atoms with Crippen LogP contribution in [0.25, 0.3) is 0 Å². The van der Waals surface area contributed by atoms with Crippen molar-refractivity contribution in [2.45, 2.75) is 11.2 Å². The van der Waals surface area contributed by atoms with Gasteiger partial charge in [-0.15, -0.1) is 0 Å². The number of nitrogens with zero attached hydrogens (tertiary/aromatic N) is 1. The van der Waals surface area contributed by atoms with E-state index in [1.165, 1.54) is 18.5 Å². The molecule has 0 aliphatic heterocycles. The van der Waals surface area contributed by atoms with Crippen molar-refractivity contribution in [3.05, 3.63) is 23.9 Å². The Morgan fingerprint density at radius 3 is 2.46 bits per heavy atom. The minimum absolute atomic E-state index is 0.199. The van der Waals surface area contributed by atoms with Gasteiger partial charge in [0.15, 0.2) is 0 Å². The fourth-order valence-electron chi connectivity index (χ4n) is 0.851. The summed E-state index contributed by atoms with van der Waals surface area (Å²) in [6.45, 7) is 0. The second-order valence-electron chi connectivity index (χ2n) is 2.36. The van der Waals surface area contributed by atoms with Crippen molar-refractivity contribution < 1.29 is 13.2 Å². The lowest BCUT2D eigenvalue weighted by molar-refractivity contribution is -0.140. The largest absolute Gasteiger partial charge is 0.419 e. The zero-order valence-electron chi connectivity index (χ0n) is 6.72. The predicted octanol–water partition coefficient (Wildman–Crippen LogP) is 2.47. The molecule has 1 rings (SSSR count). The Balaban J connectivity index is 3.28. The molecule has 0 amide bonds. The molecular weight excluding hydrogens is 201 g/mol. The monoisotopic (exact) mass is 208 g/mol. The van der Waals surface area contributed by atoms with Crippen LogP contribution in [0, 0.1) is 4.78 Å². The summed E-state index contributed by atoms with van der Waals surface area (Å²) < 4.78 is 44.1. The maximum atomic E-state index is 12.3. The number of halogens is 3. The van der Waals surface area contributed by atoms with E-state index in [1.54, 1.807) is 0 Å². The maximum Gasteiger partial charge on any atom is 0.419 e. The first-order valence-corrected chi connectivity index (χ1v) is 4.95. The molecule has 1 aromatic rings. The summed E-state index contributed by atoms with van der Waals surface area (Å²) in [6.07, 6.45) is -1.76. The highest BCUT2D eigenvalue weighted by Crippen LogP contribution is 2.31. The molecule has 1 atom stereocenters. The number of aromatic nitrogens is 1. The first-order valence-electron chi connectivity index (χ1n) is 3.32. The van der Waals surface area contributed by atoms with Gasteiger partial charge in [-0.25, -0.2) is 4.98 Å². The molecule has 0 aliphatic rings. The Morgan fingerprint density at radius 1 is 1.46 bits per heavy atom. The van der Waals surface area contributed by atoms with E-state index < -0.39 is 22.4 Å². The summed E-state index contributed by atoms with van der Waals surface area (Å²) in [5.74, 6) is 0. The zero-order chi connectivity index (χ0) is 10.1. The third kappa shape index (κ3) is 2.27. The lowest BCUT2D eigenvalue weighted by Gasteiger charge is -2.10. The first kappa shape index (κ1) is 10.2. The predicted molar refractivity (Wildman–Crippen MR) is 43.5 cm³/mol. The summed E-state index contributed by atoms with van der Waals surface area (Å²) >= 11 is 0. The lowest BCUT2D eigenvalue weighted by Crippen LogP contribution is -2.10. The molecule has 13 heavy (non-hydrogen) atoms. The Labute approximate surface area is 75.7 Å². The van der Waals surface area contributed by atoms with Gasteiger partial charge in [-0.1, -0.05) is 10.7 Å². The average Bonchev–Trinajstić information content (AvgIpc) is 2.03. The van der Waals surface area contributed by atoms with Gasteiger partial charge in [-0.2, -0.15) is 13.2 Å². The molecule has 1 heterocycles. The highest BCUT2D eigenvalue weighted by atomic mass is 32.2. The fraction of sp³-hybridized carbons (Fsp3) is 0.286. The van der Waals surface area contributed by atoms with E-state index in [1.807, 2.05) is 0 Å². The molecule has 2 nitrogen and oxygen atoms in total. The molecule has 0 aliphatic carbocycles. The quantitative estimate of drug-likeness (QED) is 0.756. The average molecular weight is 208 g/mol. The van der Waals surface area contributed by atoms with Crippen LogP contribution in [0.15, 0.2) is 23.4 Å². The molecule has 0 spiro atoms. The van der Waals surface area contributed by atoms with Crippen LogP contribution in [-0.2, 0) is 16.9 Å². The Morgan fingerprint density at radius 2 is 2.08 bits per heavy atom. The molecule has 0 aromatic carbocycles. The number of hydrogen-bond donors (Lipinski definition) is 1. The second-order valence-corrected chi connectivity index (χ2v) is 3.77. The molecule has 0 saturated carbocycles. The Kier molecular flexibility index (Phi) is 2.70. The summed E-state index contributed by atoms with van der Waals surface area (Å²) in [6, 6.07) is 2.17.